The second-order valence-corrected chi connectivity index (χ2v) is 20.6. The van der Waals surface area contributed by atoms with Crippen molar-refractivity contribution in [1.29, 1.82) is 0 Å². The van der Waals surface area contributed by atoms with E-state index in [9.17, 15) is 38.7 Å². The third-order valence-corrected chi connectivity index (χ3v) is 13.5. The van der Waals surface area contributed by atoms with Crippen molar-refractivity contribution in [1.82, 2.24) is 4.90 Å². The van der Waals surface area contributed by atoms with Crippen LogP contribution in [0.4, 0.5) is 0 Å². The molecule has 0 aromatic rings. The molecule has 0 aromatic heterocycles. The number of aliphatic hydroxyl groups excluding tert-OH is 1. The maximum absolute atomic E-state index is 13.1. The Morgan fingerprint density at radius 3 is 0.948 bits per heavy atom. The molecule has 0 spiro atoms. The monoisotopic (exact) mass is 1100 g/mol. The fourth-order valence-corrected chi connectivity index (χ4v) is 8.37. The molecule has 0 atom stereocenters. The van der Waals surface area contributed by atoms with Crippen LogP contribution in [0.2, 0.25) is 0 Å². The van der Waals surface area contributed by atoms with Crippen molar-refractivity contribution in [3.63, 3.8) is 0 Å². The van der Waals surface area contributed by atoms with Gasteiger partial charge < -0.3 is 47.7 Å². The van der Waals surface area contributed by atoms with Crippen molar-refractivity contribution in [2.45, 2.75) is 251 Å². The minimum absolute atomic E-state index is 0.0795. The lowest BCUT2D eigenvalue weighted by atomic mass is 9.91. The highest BCUT2D eigenvalue weighted by Gasteiger charge is 2.25. The molecule has 18 heteroatoms. The van der Waals surface area contributed by atoms with Gasteiger partial charge in [-0.3, -0.25) is 38.5 Å². The summed E-state index contributed by atoms with van der Waals surface area (Å²) in [6, 6.07) is 0.471. The molecule has 448 valence electrons. The summed E-state index contributed by atoms with van der Waals surface area (Å²) in [7, 11) is 0. The largest absolute Gasteiger partial charge is 0.465 e. The third kappa shape index (κ3) is 42.7. The van der Waals surface area contributed by atoms with Crippen LogP contribution in [0.1, 0.15) is 233 Å². The molecule has 0 radical (unpaired) electrons. The average Bonchev–Trinajstić information content (AvgIpc) is 3.40. The van der Waals surface area contributed by atoms with Gasteiger partial charge >= 0.3 is 41.8 Å². The molecule has 1 N–H and O–H groups in total. The van der Waals surface area contributed by atoms with E-state index < -0.39 is 36.0 Å². The lowest BCUT2D eigenvalue weighted by molar-refractivity contribution is -0.161. The van der Waals surface area contributed by atoms with Crippen LogP contribution in [0.25, 0.3) is 0 Å². The van der Waals surface area contributed by atoms with Crippen LogP contribution in [-0.2, 0) is 76.2 Å². The predicted octanol–water partition coefficient (Wildman–Crippen LogP) is 10.4. The van der Waals surface area contributed by atoms with Gasteiger partial charge in [-0.05, 0) is 57.9 Å². The second-order valence-electron chi connectivity index (χ2n) is 20.6. The molecule has 0 aromatic carbocycles. The standard InChI is InChI=1S/C59H105NO17/c1-5-9-13-17-21-30-54(63)74-45-51(46-75-55(64)31-22-18-14-10-6-2)69-40-35-58(67)72-43-49(42-71-53(62)34-25-26-37-60(38-39-61)50-28-27-29-50)44-73-59(68)36-41-70-52(47-76-56(65)32-23-19-15-11-7-3)48-77-57(66)33-24-20-16-12-8-4/h49-52,61H,5-48H2,1-4H3. The van der Waals surface area contributed by atoms with Crippen LogP contribution in [0.15, 0.2) is 0 Å². The number of hydrogen-bond donors (Lipinski definition) is 1. The van der Waals surface area contributed by atoms with Crippen LogP contribution in [0.3, 0.4) is 0 Å². The summed E-state index contributed by atoms with van der Waals surface area (Å²) in [5.41, 5.74) is 0. The summed E-state index contributed by atoms with van der Waals surface area (Å²) in [6.07, 6.45) is 23.4. The Morgan fingerprint density at radius 2 is 0.662 bits per heavy atom. The van der Waals surface area contributed by atoms with Gasteiger partial charge in [0, 0.05) is 44.7 Å². The van der Waals surface area contributed by atoms with E-state index in [1.807, 2.05) is 0 Å². The van der Waals surface area contributed by atoms with E-state index in [1.165, 1.54) is 6.42 Å². The first kappa shape index (κ1) is 71.1. The first-order valence-electron chi connectivity index (χ1n) is 30.1. The number of esters is 7. The van der Waals surface area contributed by atoms with Crippen LogP contribution in [-0.4, -0.2) is 149 Å². The van der Waals surface area contributed by atoms with E-state index in [4.69, 9.17) is 42.6 Å². The summed E-state index contributed by atoms with van der Waals surface area (Å²) in [5.74, 6) is -3.98. The Hall–Kier alpha value is -3.87. The molecule has 1 saturated carbocycles. The van der Waals surface area contributed by atoms with Gasteiger partial charge in [0.25, 0.3) is 0 Å². The van der Waals surface area contributed by atoms with Crippen LogP contribution in [0, 0.1) is 5.92 Å². The van der Waals surface area contributed by atoms with Crippen molar-refractivity contribution in [2.75, 3.05) is 79.2 Å². The van der Waals surface area contributed by atoms with Crippen molar-refractivity contribution >= 4 is 41.8 Å². The molecular formula is C59H105NO17. The summed E-state index contributed by atoms with van der Waals surface area (Å²) >= 11 is 0. The van der Waals surface area contributed by atoms with Gasteiger partial charge in [-0.15, -0.1) is 0 Å². The Kier molecular flexibility index (Phi) is 46.5. The zero-order valence-electron chi connectivity index (χ0n) is 48.3. The maximum Gasteiger partial charge on any atom is 0.308 e. The second kappa shape index (κ2) is 50.4. The highest BCUT2D eigenvalue weighted by molar-refractivity contribution is 5.71. The number of carbonyl (C=O) groups excluding carboxylic acids is 7. The normalized spacial score (nSPS) is 12.5. The number of unbranched alkanes of at least 4 members (excludes halogenated alkanes) is 17. The molecule has 0 aliphatic heterocycles. The van der Waals surface area contributed by atoms with Gasteiger partial charge in [-0.25, -0.2) is 0 Å². The van der Waals surface area contributed by atoms with Gasteiger partial charge in [0.1, 0.15) is 58.5 Å². The zero-order valence-corrected chi connectivity index (χ0v) is 48.3. The Bertz CT molecular complexity index is 1380. The van der Waals surface area contributed by atoms with Crippen molar-refractivity contribution in [3.8, 4) is 0 Å². The molecule has 1 rings (SSSR count). The number of hydrogen-bond acceptors (Lipinski definition) is 18. The zero-order chi connectivity index (χ0) is 56.4. The molecule has 1 fully saturated rings. The Morgan fingerprint density at radius 1 is 0.377 bits per heavy atom. The van der Waals surface area contributed by atoms with Crippen LogP contribution >= 0.6 is 0 Å². The Balaban J connectivity index is 2.88. The minimum atomic E-state index is -0.807. The molecular weight excluding hydrogens is 995 g/mol. The highest BCUT2D eigenvalue weighted by Crippen LogP contribution is 2.25. The molecule has 0 saturated heterocycles. The molecule has 18 nitrogen and oxygen atoms in total. The highest BCUT2D eigenvalue weighted by atomic mass is 16.6. The summed E-state index contributed by atoms with van der Waals surface area (Å²) < 4.78 is 50.4. The number of ether oxygens (including phenoxy) is 9. The fourth-order valence-electron chi connectivity index (χ4n) is 8.37. The SMILES string of the molecule is CCCCCCCC(=O)OCC(COC(=O)CCCCCCC)OCCC(=O)OCC(COC(=O)CCCCN(CCO)C1CCC1)COC(=O)CCOC(COC(=O)CCCCCCC)COC(=O)CCCCCCC. The van der Waals surface area contributed by atoms with Crippen molar-refractivity contribution in [3.05, 3.63) is 0 Å². The number of carbonyl (C=O) groups is 7. The van der Waals surface area contributed by atoms with E-state index in [-0.39, 0.29) is 135 Å². The molecule has 0 unspecified atom stereocenters. The van der Waals surface area contributed by atoms with E-state index in [0.717, 1.165) is 129 Å². The lowest BCUT2D eigenvalue weighted by Crippen LogP contribution is -2.42. The van der Waals surface area contributed by atoms with Gasteiger partial charge in [0.2, 0.25) is 0 Å². The first-order chi connectivity index (χ1) is 37.4. The van der Waals surface area contributed by atoms with Gasteiger partial charge in [-0.1, -0.05) is 137 Å². The number of rotatable bonds is 54. The molecule has 1 aliphatic carbocycles. The van der Waals surface area contributed by atoms with Gasteiger partial charge in [0.05, 0.1) is 38.6 Å². The van der Waals surface area contributed by atoms with E-state index in [0.29, 0.717) is 44.7 Å². The summed E-state index contributed by atoms with van der Waals surface area (Å²) in [6.45, 7) is 8.36. The average molecular weight is 1100 g/mol. The summed E-state index contributed by atoms with van der Waals surface area (Å²) in [4.78, 5) is 91.3. The third-order valence-electron chi connectivity index (χ3n) is 13.5. The topological polar surface area (TPSA) is 226 Å². The first-order valence-corrected chi connectivity index (χ1v) is 30.1. The molecule has 1 aliphatic rings. The van der Waals surface area contributed by atoms with E-state index in [2.05, 4.69) is 32.6 Å². The van der Waals surface area contributed by atoms with E-state index >= 15 is 0 Å². The summed E-state index contributed by atoms with van der Waals surface area (Å²) in [5, 5.41) is 9.51. The smallest absolute Gasteiger partial charge is 0.308 e. The van der Waals surface area contributed by atoms with Crippen LogP contribution < -0.4 is 0 Å². The molecule has 0 heterocycles. The minimum Gasteiger partial charge on any atom is -0.465 e. The van der Waals surface area contributed by atoms with Crippen LogP contribution in [0.5, 0.6) is 0 Å². The quantitative estimate of drug-likeness (QED) is 0.0339. The lowest BCUT2D eigenvalue weighted by Gasteiger charge is -2.37. The number of aliphatic hydroxyl groups is 1. The Labute approximate surface area is 463 Å². The predicted molar refractivity (Wildman–Crippen MR) is 293 cm³/mol. The van der Waals surface area contributed by atoms with Gasteiger partial charge in [0.15, 0.2) is 0 Å². The van der Waals surface area contributed by atoms with E-state index in [1.54, 1.807) is 0 Å². The molecule has 77 heavy (non-hydrogen) atoms. The van der Waals surface area contributed by atoms with Gasteiger partial charge in [-0.2, -0.15) is 0 Å². The van der Waals surface area contributed by atoms with Crippen molar-refractivity contribution < 1.29 is 81.3 Å². The molecule has 0 amide bonds. The number of nitrogens with zero attached hydrogens (tertiary/aromatic N) is 1. The van der Waals surface area contributed by atoms with Crippen molar-refractivity contribution in [2.24, 2.45) is 5.92 Å². The maximum atomic E-state index is 13.1. The molecule has 0 bridgehead atoms. The fraction of sp³-hybridized carbons (Fsp3) is 0.881.